The summed E-state index contributed by atoms with van der Waals surface area (Å²) in [5.74, 6) is 0.848. The zero-order chi connectivity index (χ0) is 14.9. The first-order valence-corrected chi connectivity index (χ1v) is 7.84. The maximum absolute atomic E-state index is 9.30. The van der Waals surface area contributed by atoms with E-state index in [0.717, 1.165) is 50.5 Å². The molecule has 1 aromatic heterocycles. The molecular weight excluding hydrogens is 282 g/mol. The lowest BCUT2D eigenvalue weighted by Gasteiger charge is -2.34. The third-order valence-corrected chi connectivity index (χ3v) is 4.59. The van der Waals surface area contributed by atoms with Crippen molar-refractivity contribution < 1.29 is 9.47 Å². The quantitative estimate of drug-likeness (QED) is 0.789. The van der Waals surface area contributed by atoms with Crippen LogP contribution in [0, 0.1) is 11.3 Å². The van der Waals surface area contributed by atoms with Gasteiger partial charge in [0.25, 0.3) is 0 Å². The van der Waals surface area contributed by atoms with Crippen LogP contribution < -0.4 is 9.80 Å². The summed E-state index contributed by atoms with van der Waals surface area (Å²) in [6, 6.07) is 4.16. The van der Waals surface area contributed by atoms with Gasteiger partial charge in [0.05, 0.1) is 31.1 Å². The van der Waals surface area contributed by atoms with Gasteiger partial charge in [0.2, 0.25) is 0 Å². The lowest BCUT2D eigenvalue weighted by molar-refractivity contribution is 0.0302. The standard InChI is InChI=1S/C15H19N5O2/c16-8-13-14(19-3-5-21-6-4-19)7-15(18-17-13)20-9-11-1-2-12(10-20)22-11/h7,11-12H,1-6,9-10H2. The number of aromatic nitrogens is 2. The predicted octanol–water partition coefficient (Wildman–Crippen LogP) is 0.552. The van der Waals surface area contributed by atoms with Crippen molar-refractivity contribution in [1.29, 1.82) is 5.26 Å². The monoisotopic (exact) mass is 301 g/mol. The molecule has 4 heterocycles. The van der Waals surface area contributed by atoms with Gasteiger partial charge in [-0.3, -0.25) is 0 Å². The fourth-order valence-corrected chi connectivity index (χ4v) is 3.45. The van der Waals surface area contributed by atoms with Crippen LogP contribution in [0.2, 0.25) is 0 Å². The number of hydrogen-bond acceptors (Lipinski definition) is 7. The van der Waals surface area contributed by atoms with Crippen LogP contribution in [0.1, 0.15) is 18.5 Å². The second kappa shape index (κ2) is 5.71. The molecule has 0 radical (unpaired) electrons. The Balaban J connectivity index is 1.62. The van der Waals surface area contributed by atoms with Gasteiger partial charge < -0.3 is 19.3 Å². The van der Waals surface area contributed by atoms with Crippen LogP contribution >= 0.6 is 0 Å². The zero-order valence-electron chi connectivity index (χ0n) is 12.4. The van der Waals surface area contributed by atoms with Crippen molar-refractivity contribution in [3.8, 4) is 6.07 Å². The van der Waals surface area contributed by atoms with Crippen molar-refractivity contribution in [2.24, 2.45) is 0 Å². The Bertz CT molecular complexity index is 584. The van der Waals surface area contributed by atoms with Gasteiger partial charge in [-0.15, -0.1) is 10.2 Å². The maximum Gasteiger partial charge on any atom is 0.186 e. The first-order chi connectivity index (χ1) is 10.8. The second-order valence-corrected chi connectivity index (χ2v) is 6.01. The molecule has 3 aliphatic rings. The van der Waals surface area contributed by atoms with Gasteiger partial charge in [0, 0.05) is 32.2 Å². The van der Waals surface area contributed by atoms with Crippen LogP contribution in [-0.2, 0) is 9.47 Å². The molecule has 4 rings (SSSR count). The molecule has 0 amide bonds. The summed E-state index contributed by atoms with van der Waals surface area (Å²) in [7, 11) is 0. The number of anilines is 2. The highest BCUT2D eigenvalue weighted by molar-refractivity contribution is 5.61. The highest BCUT2D eigenvalue weighted by Crippen LogP contribution is 2.30. The van der Waals surface area contributed by atoms with Crippen LogP contribution in [-0.4, -0.2) is 61.8 Å². The van der Waals surface area contributed by atoms with Gasteiger partial charge >= 0.3 is 0 Å². The molecule has 3 fully saturated rings. The van der Waals surface area contributed by atoms with E-state index < -0.39 is 0 Å². The molecule has 7 nitrogen and oxygen atoms in total. The zero-order valence-corrected chi connectivity index (χ0v) is 12.4. The molecule has 0 spiro atoms. The van der Waals surface area contributed by atoms with E-state index in [-0.39, 0.29) is 0 Å². The SMILES string of the molecule is N#Cc1nnc(N2CC3CCC(C2)O3)cc1N1CCOCC1. The number of rotatable bonds is 2. The van der Waals surface area contributed by atoms with E-state index in [4.69, 9.17) is 9.47 Å². The summed E-state index contributed by atoms with van der Waals surface area (Å²) in [5.41, 5.74) is 1.26. The van der Waals surface area contributed by atoms with Crippen LogP contribution in [0.5, 0.6) is 0 Å². The van der Waals surface area contributed by atoms with E-state index in [0.29, 0.717) is 31.1 Å². The Labute approximate surface area is 129 Å². The van der Waals surface area contributed by atoms with Crippen molar-refractivity contribution >= 4 is 11.5 Å². The molecule has 2 atom stereocenters. The predicted molar refractivity (Wildman–Crippen MR) is 79.9 cm³/mol. The average Bonchev–Trinajstić information content (AvgIpc) is 2.93. The lowest BCUT2D eigenvalue weighted by atomic mass is 10.2. The summed E-state index contributed by atoms with van der Waals surface area (Å²) in [4.78, 5) is 4.40. The van der Waals surface area contributed by atoms with Gasteiger partial charge in [-0.1, -0.05) is 0 Å². The number of fused-ring (bicyclic) bond motifs is 2. The summed E-state index contributed by atoms with van der Waals surface area (Å²) < 4.78 is 11.3. The van der Waals surface area contributed by atoms with Crippen molar-refractivity contribution in [2.75, 3.05) is 49.2 Å². The number of nitriles is 1. The Morgan fingerprint density at radius 3 is 2.50 bits per heavy atom. The fourth-order valence-electron chi connectivity index (χ4n) is 3.45. The fraction of sp³-hybridized carbons (Fsp3) is 0.667. The molecule has 2 bridgehead atoms. The van der Waals surface area contributed by atoms with Crippen molar-refractivity contribution in [1.82, 2.24) is 10.2 Å². The Morgan fingerprint density at radius 1 is 1.09 bits per heavy atom. The van der Waals surface area contributed by atoms with Crippen molar-refractivity contribution in [3.63, 3.8) is 0 Å². The minimum absolute atomic E-state index is 0.308. The number of ether oxygens (including phenoxy) is 2. The molecule has 0 saturated carbocycles. The second-order valence-electron chi connectivity index (χ2n) is 6.01. The molecule has 1 aromatic rings. The minimum atomic E-state index is 0.308. The van der Waals surface area contributed by atoms with E-state index in [1.165, 1.54) is 0 Å². The average molecular weight is 301 g/mol. The van der Waals surface area contributed by atoms with E-state index >= 15 is 0 Å². The van der Waals surface area contributed by atoms with Gasteiger partial charge in [-0.2, -0.15) is 5.26 Å². The lowest BCUT2D eigenvalue weighted by Crippen LogP contribution is -2.43. The molecule has 0 aromatic carbocycles. The smallest absolute Gasteiger partial charge is 0.186 e. The Morgan fingerprint density at radius 2 is 1.82 bits per heavy atom. The normalized spacial score (nSPS) is 27.8. The Kier molecular flexibility index (Phi) is 3.56. The molecule has 116 valence electrons. The van der Waals surface area contributed by atoms with Crippen LogP contribution in [0.15, 0.2) is 6.07 Å². The van der Waals surface area contributed by atoms with Gasteiger partial charge in [-0.05, 0) is 12.8 Å². The molecule has 3 aliphatic heterocycles. The van der Waals surface area contributed by atoms with Gasteiger partial charge in [0.1, 0.15) is 6.07 Å². The van der Waals surface area contributed by atoms with Gasteiger partial charge in [-0.25, -0.2) is 0 Å². The van der Waals surface area contributed by atoms with E-state index in [1.54, 1.807) is 0 Å². The van der Waals surface area contributed by atoms with Crippen molar-refractivity contribution in [2.45, 2.75) is 25.0 Å². The highest BCUT2D eigenvalue weighted by Gasteiger charge is 2.34. The third kappa shape index (κ3) is 2.49. The summed E-state index contributed by atoms with van der Waals surface area (Å²) in [5, 5.41) is 17.7. The topological polar surface area (TPSA) is 74.5 Å². The highest BCUT2D eigenvalue weighted by atomic mass is 16.5. The number of morpholine rings is 2. The molecule has 3 saturated heterocycles. The van der Waals surface area contributed by atoms with Crippen molar-refractivity contribution in [3.05, 3.63) is 11.8 Å². The largest absolute Gasteiger partial charge is 0.378 e. The molecule has 0 aliphatic carbocycles. The van der Waals surface area contributed by atoms with E-state index in [2.05, 4.69) is 26.1 Å². The van der Waals surface area contributed by atoms with Gasteiger partial charge in [0.15, 0.2) is 11.5 Å². The molecule has 7 heteroatoms. The third-order valence-electron chi connectivity index (χ3n) is 4.59. The first kappa shape index (κ1) is 13.7. The summed E-state index contributed by atoms with van der Waals surface area (Å²) in [6.45, 7) is 4.66. The molecule has 0 N–H and O–H groups in total. The van der Waals surface area contributed by atoms with E-state index in [1.807, 2.05) is 6.07 Å². The number of nitrogens with zero attached hydrogens (tertiary/aromatic N) is 5. The number of hydrogen-bond donors (Lipinski definition) is 0. The van der Waals surface area contributed by atoms with Crippen LogP contribution in [0.3, 0.4) is 0 Å². The first-order valence-electron chi connectivity index (χ1n) is 7.84. The van der Waals surface area contributed by atoms with Crippen LogP contribution in [0.4, 0.5) is 11.5 Å². The minimum Gasteiger partial charge on any atom is -0.378 e. The maximum atomic E-state index is 9.30. The summed E-state index contributed by atoms with van der Waals surface area (Å²) >= 11 is 0. The van der Waals surface area contributed by atoms with Crippen LogP contribution in [0.25, 0.3) is 0 Å². The molecule has 2 unspecified atom stereocenters. The summed E-state index contributed by atoms with van der Waals surface area (Å²) in [6.07, 6.45) is 2.87. The molecular formula is C15H19N5O2. The Hall–Kier alpha value is -1.91. The molecule has 22 heavy (non-hydrogen) atoms. The van der Waals surface area contributed by atoms with E-state index in [9.17, 15) is 5.26 Å².